The van der Waals surface area contributed by atoms with Gasteiger partial charge in [0.25, 0.3) is 0 Å². The molecular formula is C6H16O4Y. The van der Waals surface area contributed by atoms with Gasteiger partial charge in [0.2, 0.25) is 0 Å². The van der Waals surface area contributed by atoms with Crippen molar-refractivity contribution in [2.24, 2.45) is 0 Å². The normalized spacial score (nSPS) is 12.6. The first-order valence-electron chi connectivity index (χ1n) is 2.14. The van der Waals surface area contributed by atoms with Crippen molar-refractivity contribution in [2.45, 2.75) is 34.0 Å². The summed E-state index contributed by atoms with van der Waals surface area (Å²) in [5, 5.41) is 24.7. The van der Waals surface area contributed by atoms with Gasteiger partial charge in [-0.05, 0) is 6.92 Å². The Morgan fingerprint density at radius 1 is 1.27 bits per heavy atom. The molecule has 0 aromatic rings. The van der Waals surface area contributed by atoms with E-state index >= 15 is 0 Å². The summed E-state index contributed by atoms with van der Waals surface area (Å²) in [6.45, 7) is 1.21. The van der Waals surface area contributed by atoms with E-state index < -0.39 is 18.2 Å². The summed E-state index contributed by atoms with van der Waals surface area (Å²) in [5.41, 5.74) is 0. The Bertz CT molecular complexity index is 94.6. The minimum atomic E-state index is -1.66. The zero-order valence-electron chi connectivity index (χ0n) is 4.98. The first-order chi connectivity index (χ1) is 3.55. The largest absolute Gasteiger partial charge is 0.479 e. The molecule has 2 unspecified atom stereocenters. The number of aliphatic carboxylic acids is 1. The van der Waals surface area contributed by atoms with Gasteiger partial charge < -0.3 is 15.3 Å². The van der Waals surface area contributed by atoms with Crippen molar-refractivity contribution in [3.8, 4) is 0 Å². The van der Waals surface area contributed by atoms with Gasteiger partial charge in [-0.25, -0.2) is 4.79 Å². The molecular weight excluding hydrogens is 225 g/mol. The van der Waals surface area contributed by atoms with Crippen molar-refractivity contribution in [3.05, 3.63) is 0 Å². The molecule has 0 aliphatic heterocycles. The molecule has 0 aliphatic rings. The molecule has 0 saturated carbocycles. The maximum absolute atomic E-state index is 9.73. The monoisotopic (exact) mass is 241 g/mol. The quantitative estimate of drug-likeness (QED) is 0.639. The molecule has 3 N–H and O–H groups in total. The summed E-state index contributed by atoms with van der Waals surface area (Å²) in [6, 6.07) is 0. The van der Waals surface area contributed by atoms with Crippen LogP contribution in [-0.4, -0.2) is 33.5 Å². The number of aliphatic hydroxyl groups is 2. The molecule has 0 rings (SSSR count). The fourth-order valence-corrected chi connectivity index (χ4v) is 0.206. The van der Waals surface area contributed by atoms with Gasteiger partial charge in [-0.3, -0.25) is 0 Å². The van der Waals surface area contributed by atoms with Crippen molar-refractivity contribution >= 4 is 5.97 Å². The smallest absolute Gasteiger partial charge is 0.335 e. The molecule has 0 aromatic heterocycles. The zero-order chi connectivity index (χ0) is 6.73. The minimum Gasteiger partial charge on any atom is -0.479 e. The number of hydrogen-bond donors (Lipinski definition) is 3. The third kappa shape index (κ3) is 10.5. The van der Waals surface area contributed by atoms with Crippen LogP contribution in [0.1, 0.15) is 21.8 Å². The first-order valence-corrected chi connectivity index (χ1v) is 2.14. The Labute approximate surface area is 92.5 Å². The van der Waals surface area contributed by atoms with Crippen LogP contribution in [0, 0.1) is 0 Å². The van der Waals surface area contributed by atoms with Gasteiger partial charge in [0.05, 0.1) is 6.10 Å². The number of aliphatic hydroxyl groups excluding tert-OH is 2. The van der Waals surface area contributed by atoms with Crippen LogP contribution in [0.2, 0.25) is 0 Å². The molecule has 4 nitrogen and oxygen atoms in total. The van der Waals surface area contributed by atoms with Gasteiger partial charge in [0, 0.05) is 32.7 Å². The molecule has 0 bridgehead atoms. The van der Waals surface area contributed by atoms with Crippen molar-refractivity contribution in [1.29, 1.82) is 0 Å². The maximum Gasteiger partial charge on any atom is 0.335 e. The molecule has 11 heavy (non-hydrogen) atoms. The second-order valence-corrected chi connectivity index (χ2v) is 1.52. The summed E-state index contributed by atoms with van der Waals surface area (Å²) < 4.78 is 0. The Hall–Kier alpha value is 0.494. The van der Waals surface area contributed by atoms with Crippen LogP contribution in [0.4, 0.5) is 0 Å². The van der Waals surface area contributed by atoms with Crippen LogP contribution >= 0.6 is 0 Å². The van der Waals surface area contributed by atoms with Gasteiger partial charge in [-0.15, -0.1) is 0 Å². The van der Waals surface area contributed by atoms with Gasteiger partial charge in [0.15, 0.2) is 6.10 Å². The molecule has 0 aromatic carbocycles. The molecule has 0 amide bonds. The van der Waals surface area contributed by atoms with Crippen molar-refractivity contribution in [3.63, 3.8) is 0 Å². The zero-order valence-corrected chi connectivity index (χ0v) is 7.82. The SMILES string of the molecule is C.C.CC(O)C(O)C(=O)O.[Y]. The van der Waals surface area contributed by atoms with Crippen LogP contribution < -0.4 is 0 Å². The molecule has 5 heteroatoms. The second-order valence-electron chi connectivity index (χ2n) is 1.52. The molecule has 0 aliphatic carbocycles. The average molecular weight is 241 g/mol. The van der Waals surface area contributed by atoms with Crippen LogP contribution in [0.15, 0.2) is 0 Å². The van der Waals surface area contributed by atoms with E-state index in [1.807, 2.05) is 0 Å². The fraction of sp³-hybridized carbons (Fsp3) is 0.833. The maximum atomic E-state index is 9.73. The van der Waals surface area contributed by atoms with Crippen LogP contribution in [0.3, 0.4) is 0 Å². The van der Waals surface area contributed by atoms with E-state index in [1.54, 1.807) is 0 Å². The van der Waals surface area contributed by atoms with E-state index in [1.165, 1.54) is 6.92 Å². The Morgan fingerprint density at radius 3 is 1.55 bits per heavy atom. The third-order valence-electron chi connectivity index (χ3n) is 0.710. The molecule has 0 heterocycles. The Kier molecular flexibility index (Phi) is 21.5. The molecule has 2 atom stereocenters. The van der Waals surface area contributed by atoms with E-state index in [4.69, 9.17) is 15.3 Å². The van der Waals surface area contributed by atoms with E-state index in [0.29, 0.717) is 0 Å². The van der Waals surface area contributed by atoms with Crippen LogP contribution in [0.5, 0.6) is 0 Å². The minimum absolute atomic E-state index is 0. The van der Waals surface area contributed by atoms with Crippen LogP contribution in [-0.2, 0) is 37.5 Å². The number of carboxylic acids is 1. The molecule has 0 spiro atoms. The van der Waals surface area contributed by atoms with Gasteiger partial charge in [0.1, 0.15) is 0 Å². The van der Waals surface area contributed by atoms with E-state index in [9.17, 15) is 4.79 Å². The average Bonchev–Trinajstić information content (AvgIpc) is 1.64. The Balaban J connectivity index is -0.0000000817. The summed E-state index contributed by atoms with van der Waals surface area (Å²) >= 11 is 0. The van der Waals surface area contributed by atoms with Gasteiger partial charge in [-0.1, -0.05) is 14.9 Å². The molecule has 1 radical (unpaired) electrons. The molecule has 0 saturated heterocycles. The van der Waals surface area contributed by atoms with E-state index in [0.717, 1.165) is 0 Å². The predicted molar refractivity (Wildman–Crippen MR) is 38.8 cm³/mol. The van der Waals surface area contributed by atoms with Gasteiger partial charge >= 0.3 is 5.97 Å². The summed E-state index contributed by atoms with van der Waals surface area (Å²) in [4.78, 5) is 9.73. The summed E-state index contributed by atoms with van der Waals surface area (Å²) in [6.07, 6.45) is -2.86. The second kappa shape index (κ2) is 10.5. The van der Waals surface area contributed by atoms with E-state index in [-0.39, 0.29) is 47.6 Å². The van der Waals surface area contributed by atoms with Crippen molar-refractivity contribution in [2.75, 3.05) is 0 Å². The van der Waals surface area contributed by atoms with Gasteiger partial charge in [-0.2, -0.15) is 0 Å². The van der Waals surface area contributed by atoms with Crippen molar-refractivity contribution in [1.82, 2.24) is 0 Å². The predicted octanol–water partition coefficient (Wildman–Crippen LogP) is 0.0824. The van der Waals surface area contributed by atoms with Crippen molar-refractivity contribution < 1.29 is 52.8 Å². The summed E-state index contributed by atoms with van der Waals surface area (Å²) in [7, 11) is 0. The summed E-state index contributed by atoms with van der Waals surface area (Å²) in [5.74, 6) is -1.40. The molecule has 0 fully saturated rings. The van der Waals surface area contributed by atoms with Crippen LogP contribution in [0.25, 0.3) is 0 Å². The third-order valence-corrected chi connectivity index (χ3v) is 0.710. The topological polar surface area (TPSA) is 77.8 Å². The van der Waals surface area contributed by atoms with E-state index in [2.05, 4.69) is 0 Å². The first kappa shape index (κ1) is 22.5. The number of carboxylic acid groups (broad SMARTS) is 1. The number of rotatable bonds is 2. The fourth-order valence-electron chi connectivity index (χ4n) is 0.206. The number of carbonyl (C=O) groups is 1. The Morgan fingerprint density at radius 2 is 1.55 bits per heavy atom. The number of hydrogen-bond acceptors (Lipinski definition) is 3. The molecule has 67 valence electrons. The standard InChI is InChI=1S/C4H8O4.2CH4.Y/c1-2(5)3(6)4(7)8;;;/h2-3,5-6H,1H3,(H,7,8);2*1H4;.